The van der Waals surface area contributed by atoms with Crippen LogP contribution in [0.2, 0.25) is 0 Å². The Bertz CT molecular complexity index is 4180. The molecule has 0 atom stereocenters. The summed E-state index contributed by atoms with van der Waals surface area (Å²) >= 11 is 0. The van der Waals surface area contributed by atoms with E-state index in [1.54, 1.807) is 0 Å². The smallest absolute Gasteiger partial charge is 0.128 e. The quantitative estimate of drug-likeness (QED) is 0.155. The number of ether oxygens (including phenoxy) is 2. The molecule has 2 nitrogen and oxygen atoms in total. The first-order valence-electron chi connectivity index (χ1n) is 31.3. The predicted octanol–water partition coefficient (Wildman–Crippen LogP) is 18.0. The highest BCUT2D eigenvalue weighted by atomic mass is 16.5. The van der Waals surface area contributed by atoms with Gasteiger partial charge in [0, 0.05) is 91.9 Å². The summed E-state index contributed by atoms with van der Waals surface area (Å²) in [5.41, 5.74) is 36.9. The Hall–Kier alpha value is -9.86. The minimum Gasteiger partial charge on any atom is -0.493 e. The van der Waals surface area contributed by atoms with E-state index in [9.17, 15) is 0 Å². The maximum Gasteiger partial charge on any atom is 0.128 e. The van der Waals surface area contributed by atoms with Crippen molar-refractivity contribution >= 4 is 0 Å². The van der Waals surface area contributed by atoms with Gasteiger partial charge in [-0.05, 0) is 148 Å². The van der Waals surface area contributed by atoms with Crippen LogP contribution in [0.25, 0.3) is 0 Å². The Labute approximate surface area is 503 Å². The van der Waals surface area contributed by atoms with Crippen molar-refractivity contribution in [3.05, 3.63) is 374 Å². The molecule has 0 N–H and O–H groups in total. The molecule has 0 aliphatic heterocycles. The second-order valence-electron chi connectivity index (χ2n) is 25.0. The average Bonchev–Trinajstić information content (AvgIpc) is 2.36. The molecule has 12 aliphatic carbocycles. The first-order chi connectivity index (χ1) is 42.7. The van der Waals surface area contributed by atoms with Gasteiger partial charge in [-0.25, -0.2) is 0 Å². The van der Waals surface area contributed by atoms with Crippen molar-refractivity contribution in [3.8, 4) is 35.2 Å². The molecule has 11 aromatic rings. The summed E-state index contributed by atoms with van der Waals surface area (Å²) in [5.74, 6) is 18.2. The van der Waals surface area contributed by atoms with E-state index in [-0.39, 0.29) is 47.3 Å². The molecular weight excluding hydrogens is 1040 g/mol. The highest BCUT2D eigenvalue weighted by molar-refractivity contribution is 5.85. The van der Waals surface area contributed by atoms with Crippen LogP contribution in [0.1, 0.15) is 230 Å². The van der Waals surface area contributed by atoms with Gasteiger partial charge in [-0.15, -0.1) is 0 Å². The summed E-state index contributed by atoms with van der Waals surface area (Å²) in [5, 5.41) is 0. The van der Waals surface area contributed by atoms with Gasteiger partial charge in [-0.3, -0.25) is 0 Å². The Morgan fingerprint density at radius 1 is 0.233 bits per heavy atom. The Morgan fingerprint density at radius 3 is 0.581 bits per heavy atom. The number of benzene rings is 11. The van der Waals surface area contributed by atoms with Crippen LogP contribution in [-0.2, 0) is 0 Å². The summed E-state index contributed by atoms with van der Waals surface area (Å²) < 4.78 is 14.6. The summed E-state index contributed by atoms with van der Waals surface area (Å²) in [6.07, 6.45) is 1.85. The lowest BCUT2D eigenvalue weighted by atomic mass is 9.54. The molecule has 0 unspecified atom stereocenters. The van der Waals surface area contributed by atoms with Crippen LogP contribution < -0.4 is 9.47 Å². The van der Waals surface area contributed by atoms with Crippen LogP contribution in [0, 0.1) is 23.7 Å². The third kappa shape index (κ3) is 6.34. The Kier molecular flexibility index (Phi) is 10.3. The second-order valence-corrected chi connectivity index (χ2v) is 25.0. The molecule has 0 spiro atoms. The molecule has 11 aromatic carbocycles. The highest BCUT2D eigenvalue weighted by Gasteiger charge is 2.53. The van der Waals surface area contributed by atoms with Crippen molar-refractivity contribution in [2.45, 2.75) is 74.0 Å². The molecule has 23 rings (SSSR count). The molecule has 0 saturated carbocycles. The number of hydrogen-bond donors (Lipinski definition) is 0. The highest BCUT2D eigenvalue weighted by Crippen LogP contribution is 2.68. The fraction of sp³-hybridized carbons (Fsp3) is 0.167. The summed E-state index contributed by atoms with van der Waals surface area (Å²) in [4.78, 5) is 0. The third-order valence-corrected chi connectivity index (χ3v) is 20.9. The molecule has 0 radical (unpaired) electrons. The van der Waals surface area contributed by atoms with Crippen molar-refractivity contribution < 1.29 is 9.47 Å². The fourth-order valence-corrected chi connectivity index (χ4v) is 18.0. The molecule has 0 aromatic heterocycles. The normalized spacial score (nSPS) is 20.7. The lowest BCUT2D eigenvalue weighted by Gasteiger charge is -2.48. The van der Waals surface area contributed by atoms with Crippen LogP contribution >= 0.6 is 0 Å². The Morgan fingerprint density at radius 2 is 0.407 bits per heavy atom. The summed E-state index contributed by atoms with van der Waals surface area (Å²) in [6, 6.07) is 82.3. The van der Waals surface area contributed by atoms with Gasteiger partial charge in [0.2, 0.25) is 0 Å². The number of rotatable bonds is 6. The van der Waals surface area contributed by atoms with Gasteiger partial charge in [0.25, 0.3) is 0 Å². The van der Waals surface area contributed by atoms with Gasteiger partial charge in [0.05, 0.1) is 13.2 Å². The van der Waals surface area contributed by atoms with Gasteiger partial charge >= 0.3 is 0 Å². The molecule has 406 valence electrons. The molecule has 8 bridgehead atoms. The van der Waals surface area contributed by atoms with E-state index in [4.69, 9.17) is 9.47 Å². The van der Waals surface area contributed by atoms with E-state index in [0.29, 0.717) is 13.2 Å². The van der Waals surface area contributed by atoms with Gasteiger partial charge < -0.3 is 9.47 Å². The zero-order chi connectivity index (χ0) is 56.5. The molecule has 0 heterocycles. The van der Waals surface area contributed by atoms with Gasteiger partial charge in [0.15, 0.2) is 0 Å². The van der Waals surface area contributed by atoms with E-state index in [0.717, 1.165) is 46.6 Å². The fourth-order valence-electron chi connectivity index (χ4n) is 18.0. The van der Waals surface area contributed by atoms with Crippen molar-refractivity contribution in [3.63, 3.8) is 0 Å². The molecular formula is C84H58O2. The maximum absolute atomic E-state index is 7.31. The van der Waals surface area contributed by atoms with Crippen LogP contribution in [-0.4, -0.2) is 13.2 Å². The molecule has 2 heteroatoms. The minimum absolute atomic E-state index is 0.0164. The van der Waals surface area contributed by atoms with Crippen LogP contribution in [0.15, 0.2) is 218 Å². The topological polar surface area (TPSA) is 18.5 Å². The largest absolute Gasteiger partial charge is 0.493 e. The van der Waals surface area contributed by atoms with E-state index in [2.05, 4.69) is 256 Å². The first kappa shape index (κ1) is 48.5. The monoisotopic (exact) mass is 1100 g/mol. The third-order valence-electron chi connectivity index (χ3n) is 20.9. The molecule has 12 aliphatic rings. The summed E-state index contributed by atoms with van der Waals surface area (Å²) in [7, 11) is 0. The minimum atomic E-state index is 0.0164. The lowest BCUT2D eigenvalue weighted by molar-refractivity contribution is 0.307. The van der Waals surface area contributed by atoms with Gasteiger partial charge in [-0.2, -0.15) is 0 Å². The van der Waals surface area contributed by atoms with Crippen molar-refractivity contribution in [2.75, 3.05) is 13.2 Å². The van der Waals surface area contributed by atoms with E-state index in [1.807, 2.05) is 0 Å². The maximum atomic E-state index is 7.31. The molecule has 0 saturated heterocycles. The van der Waals surface area contributed by atoms with Crippen LogP contribution in [0.5, 0.6) is 11.5 Å². The predicted molar refractivity (Wildman–Crippen MR) is 342 cm³/mol. The van der Waals surface area contributed by atoms with Gasteiger partial charge in [0.1, 0.15) is 11.5 Å². The van der Waals surface area contributed by atoms with Crippen LogP contribution in [0.3, 0.4) is 0 Å². The van der Waals surface area contributed by atoms with Crippen molar-refractivity contribution in [2.24, 2.45) is 0 Å². The standard InChI is InChI=1S/C84H58O2/c1-3-45-85-83-79-71-57-29-13-5-21-49(57)67(50-22-6-14-30-58(50)71)75(79)65(76-68-51-23-7-15-31-59(51)72(80(76)83)60-32-16-8-24-52(60)68)43-41-47-37-39-48(40-38-47)42-44-66-77-69-53-25-9-17-33-61(53)73(62-34-18-10-26-54(62)69)81(77)84(86-46-4-2)82-74-63-35-19-11-27-55(63)70(78(66)82)56-28-12-20-36-64(56)74/h5-40,67-74H,3-4,45-46H2,1-2H3. The van der Waals surface area contributed by atoms with Gasteiger partial charge in [-0.1, -0.05) is 232 Å². The van der Waals surface area contributed by atoms with E-state index < -0.39 is 0 Å². The van der Waals surface area contributed by atoms with E-state index in [1.165, 1.54) is 134 Å². The molecule has 0 amide bonds. The second kappa shape index (κ2) is 18.3. The lowest BCUT2D eigenvalue weighted by Crippen LogP contribution is -2.34. The SMILES string of the molecule is CCCOc1c2c(c(C#Cc3ccc(C#Cc4c5c(c(OCCC)c6c4C4c7ccccc7C6c6ccccc64)C4c6ccccc6C5c5ccccc54)cc3)c3c1C1c4ccccc4C3c3ccccc31)C1c3ccccc3C2c2ccccc21. The zero-order valence-corrected chi connectivity index (χ0v) is 48.0. The van der Waals surface area contributed by atoms with E-state index >= 15 is 0 Å². The van der Waals surface area contributed by atoms with Crippen LogP contribution in [0.4, 0.5) is 0 Å². The zero-order valence-electron chi connectivity index (χ0n) is 48.0. The molecule has 0 fully saturated rings. The first-order valence-corrected chi connectivity index (χ1v) is 31.3. The summed E-state index contributed by atoms with van der Waals surface area (Å²) in [6.45, 7) is 5.76. The average molecular weight is 1100 g/mol. The molecule has 86 heavy (non-hydrogen) atoms. The van der Waals surface area contributed by atoms with Crippen molar-refractivity contribution in [1.29, 1.82) is 0 Å². The van der Waals surface area contributed by atoms with Crippen molar-refractivity contribution in [1.82, 2.24) is 0 Å². The number of hydrogen-bond acceptors (Lipinski definition) is 2. The Balaban J connectivity index is 0.812.